The average molecular weight is 282 g/mol. The van der Waals surface area contributed by atoms with Crippen LogP contribution in [0.25, 0.3) is 0 Å². The van der Waals surface area contributed by atoms with Crippen LogP contribution in [0.1, 0.15) is 20.3 Å². The van der Waals surface area contributed by atoms with E-state index in [1.807, 2.05) is 13.8 Å². The van der Waals surface area contributed by atoms with Crippen molar-refractivity contribution in [2.24, 2.45) is 17.5 Å². The third-order valence-corrected chi connectivity index (χ3v) is 2.82. The Morgan fingerprint density at radius 3 is 2.50 bits per heavy atom. The van der Waals surface area contributed by atoms with Gasteiger partial charge in [-0.15, -0.1) is 0 Å². The van der Waals surface area contributed by atoms with Crippen LogP contribution < -0.4 is 11.6 Å². The predicted octanol–water partition coefficient (Wildman–Crippen LogP) is -0.0656. The van der Waals surface area contributed by atoms with E-state index >= 15 is 0 Å². The smallest absolute Gasteiger partial charge is 0.316 e. The van der Waals surface area contributed by atoms with Crippen molar-refractivity contribution < 1.29 is 23.9 Å². The normalized spacial score (nSPS) is 20.6. The van der Waals surface area contributed by atoms with E-state index in [2.05, 4.69) is 9.36 Å². The Hall–Kier alpha value is -0.270. The van der Waals surface area contributed by atoms with Crippen LogP contribution in [0.2, 0.25) is 0 Å². The number of allylic oxidation sites excluding steroid dienone is 1. The molecule has 5 atom stereocenters. The molecule has 7 nitrogen and oxygen atoms in total. The van der Waals surface area contributed by atoms with Crippen molar-refractivity contribution in [3.63, 3.8) is 0 Å². The van der Waals surface area contributed by atoms with Crippen LogP contribution in [-0.4, -0.2) is 34.9 Å². The molecule has 0 fully saturated rings. The summed E-state index contributed by atoms with van der Waals surface area (Å²) in [5.41, 5.74) is 5.57. The second kappa shape index (κ2) is 9.63. The summed E-state index contributed by atoms with van der Waals surface area (Å²) in [7, 11) is -3.01. The highest BCUT2D eigenvalue weighted by atomic mass is 31.1. The highest BCUT2D eigenvalue weighted by Crippen LogP contribution is 2.15. The first-order valence-electron chi connectivity index (χ1n) is 5.70. The molecule has 18 heavy (non-hydrogen) atoms. The quantitative estimate of drug-likeness (QED) is 0.265. The third-order valence-electron chi connectivity index (χ3n) is 2.41. The topological polar surface area (TPSA) is 128 Å². The molecule has 0 aromatic heterocycles. The van der Waals surface area contributed by atoms with E-state index in [0.717, 1.165) is 6.42 Å². The fraction of sp³-hybridized carbons (Fsp3) is 0.800. The lowest BCUT2D eigenvalue weighted by molar-refractivity contribution is 0.0542. The molecule has 3 unspecified atom stereocenters. The highest BCUT2D eigenvalue weighted by Gasteiger charge is 2.13. The summed E-state index contributed by atoms with van der Waals surface area (Å²) in [6.07, 6.45) is 3.05. The molecular formula is C10H23N2O5P. The lowest BCUT2D eigenvalue weighted by Crippen LogP contribution is -2.37. The number of aliphatic hydroxyl groups is 1. The first-order valence-corrected chi connectivity index (χ1v) is 6.96. The molecule has 8 heteroatoms. The Bertz CT molecular complexity index is 277. The Labute approximate surface area is 108 Å². The second-order valence-electron chi connectivity index (χ2n) is 4.28. The Balaban J connectivity index is 4.04. The maximum absolute atomic E-state index is 10.3. The second-order valence-corrected chi connectivity index (χ2v) is 5.10. The number of nitrogens with two attached hydrogens (primary N) is 2. The van der Waals surface area contributed by atoms with Crippen molar-refractivity contribution in [1.29, 1.82) is 0 Å². The minimum atomic E-state index is -3.01. The first kappa shape index (κ1) is 17.7. The van der Waals surface area contributed by atoms with Crippen LogP contribution >= 0.6 is 8.25 Å². The maximum atomic E-state index is 10.3. The van der Waals surface area contributed by atoms with E-state index in [9.17, 15) is 9.67 Å². The SMILES string of the molecule is CC(/C=C/[C@@H](O)[C@@H](N)CO[PH](=O)O)CC(C)ON. The summed E-state index contributed by atoms with van der Waals surface area (Å²) >= 11 is 0. The van der Waals surface area contributed by atoms with Gasteiger partial charge in [-0.25, -0.2) is 5.90 Å². The molecule has 0 amide bonds. The van der Waals surface area contributed by atoms with Crippen molar-refractivity contribution >= 4 is 8.25 Å². The van der Waals surface area contributed by atoms with Gasteiger partial charge in [0.1, 0.15) is 0 Å². The summed E-state index contributed by atoms with van der Waals surface area (Å²) in [6.45, 7) is 3.63. The zero-order valence-electron chi connectivity index (χ0n) is 10.7. The van der Waals surface area contributed by atoms with Crippen LogP contribution in [0.15, 0.2) is 12.2 Å². The molecule has 0 radical (unpaired) electrons. The molecule has 0 aromatic carbocycles. The molecule has 0 aliphatic rings. The molecule has 0 rings (SSSR count). The minimum absolute atomic E-state index is 0.0705. The van der Waals surface area contributed by atoms with Gasteiger partial charge in [-0.2, -0.15) is 0 Å². The molecule has 0 spiro atoms. The lowest BCUT2D eigenvalue weighted by atomic mass is 10.0. The molecule has 0 bridgehead atoms. The maximum Gasteiger partial charge on any atom is 0.316 e. The first-order chi connectivity index (χ1) is 8.36. The van der Waals surface area contributed by atoms with E-state index in [-0.39, 0.29) is 18.6 Å². The summed E-state index contributed by atoms with van der Waals surface area (Å²) in [6, 6.07) is -0.738. The Kier molecular flexibility index (Phi) is 9.49. The van der Waals surface area contributed by atoms with Crippen LogP contribution in [-0.2, 0) is 13.9 Å². The number of hydrogen-bond acceptors (Lipinski definition) is 6. The molecular weight excluding hydrogens is 259 g/mol. The average Bonchev–Trinajstić information content (AvgIpc) is 2.32. The fourth-order valence-electron chi connectivity index (χ4n) is 1.37. The monoisotopic (exact) mass is 282 g/mol. The van der Waals surface area contributed by atoms with Gasteiger partial charge in [-0.05, 0) is 19.3 Å². The third kappa shape index (κ3) is 8.77. The van der Waals surface area contributed by atoms with Crippen LogP contribution in [0.5, 0.6) is 0 Å². The van der Waals surface area contributed by atoms with Gasteiger partial charge in [0.15, 0.2) is 0 Å². The summed E-state index contributed by atoms with van der Waals surface area (Å²) < 4.78 is 14.8. The van der Waals surface area contributed by atoms with Gasteiger partial charge in [0.25, 0.3) is 0 Å². The van der Waals surface area contributed by atoms with Gasteiger partial charge >= 0.3 is 8.25 Å². The highest BCUT2D eigenvalue weighted by molar-refractivity contribution is 7.32. The standard InChI is InChI=1S/C10H23N2O5P/c1-7(5-8(2)17-12)3-4-10(13)9(11)6-16-18(14)15/h3-4,7-10,13,18H,5-6,11-12H2,1-2H3,(H,14,15)/b4-3+/t7?,8?,9-,10+/m0/s1. The van der Waals surface area contributed by atoms with Crippen molar-refractivity contribution in [2.45, 2.75) is 38.5 Å². The van der Waals surface area contributed by atoms with E-state index in [0.29, 0.717) is 0 Å². The Morgan fingerprint density at radius 1 is 1.39 bits per heavy atom. The zero-order valence-corrected chi connectivity index (χ0v) is 11.7. The molecule has 0 heterocycles. The van der Waals surface area contributed by atoms with E-state index < -0.39 is 20.4 Å². The molecule has 0 saturated heterocycles. The van der Waals surface area contributed by atoms with Gasteiger partial charge in [0, 0.05) is 0 Å². The lowest BCUT2D eigenvalue weighted by Gasteiger charge is -2.16. The van der Waals surface area contributed by atoms with E-state index in [1.54, 1.807) is 6.08 Å². The fourth-order valence-corrected chi connectivity index (χ4v) is 1.71. The van der Waals surface area contributed by atoms with Gasteiger partial charge in [0.05, 0.1) is 24.9 Å². The largest absolute Gasteiger partial charge is 0.387 e. The summed E-state index contributed by atoms with van der Waals surface area (Å²) in [5.74, 6) is 5.20. The van der Waals surface area contributed by atoms with E-state index in [4.69, 9.17) is 16.5 Å². The van der Waals surface area contributed by atoms with Gasteiger partial charge < -0.3 is 25.1 Å². The van der Waals surface area contributed by atoms with Crippen LogP contribution in [0.3, 0.4) is 0 Å². The van der Waals surface area contributed by atoms with Crippen molar-refractivity contribution in [3.05, 3.63) is 12.2 Å². The molecule has 0 saturated carbocycles. The molecule has 6 N–H and O–H groups in total. The summed E-state index contributed by atoms with van der Waals surface area (Å²) in [5, 5.41) is 9.65. The zero-order chi connectivity index (χ0) is 14.1. The van der Waals surface area contributed by atoms with E-state index in [1.165, 1.54) is 6.08 Å². The van der Waals surface area contributed by atoms with Crippen molar-refractivity contribution in [2.75, 3.05) is 6.61 Å². The molecule has 0 aromatic rings. The Morgan fingerprint density at radius 2 is 2.00 bits per heavy atom. The van der Waals surface area contributed by atoms with Gasteiger partial charge in [-0.3, -0.25) is 4.57 Å². The number of rotatable bonds is 9. The van der Waals surface area contributed by atoms with Crippen molar-refractivity contribution in [3.8, 4) is 0 Å². The van der Waals surface area contributed by atoms with Crippen molar-refractivity contribution in [1.82, 2.24) is 0 Å². The van der Waals surface area contributed by atoms with Gasteiger partial charge in [-0.1, -0.05) is 19.1 Å². The van der Waals surface area contributed by atoms with Crippen LogP contribution in [0.4, 0.5) is 0 Å². The van der Waals surface area contributed by atoms with Gasteiger partial charge in [0.2, 0.25) is 0 Å². The molecule has 0 aliphatic carbocycles. The molecule has 0 aliphatic heterocycles. The number of hydrogen-bond donors (Lipinski definition) is 4. The molecule has 108 valence electrons. The van der Waals surface area contributed by atoms with Crippen LogP contribution in [0, 0.1) is 5.92 Å². The minimum Gasteiger partial charge on any atom is -0.387 e. The summed E-state index contributed by atoms with van der Waals surface area (Å²) in [4.78, 5) is 13.1. The number of aliphatic hydroxyl groups excluding tert-OH is 1. The predicted molar refractivity (Wildman–Crippen MR) is 68.8 cm³/mol.